The lowest BCUT2D eigenvalue weighted by molar-refractivity contribution is -0.193. The third kappa shape index (κ3) is 15.4. The number of nitrogens with one attached hydrogen (secondary N) is 1. The summed E-state index contributed by atoms with van der Waals surface area (Å²) in [6.45, 7) is 0.642. The van der Waals surface area contributed by atoms with E-state index in [1.165, 1.54) is 23.1 Å². The Balaban J connectivity index is 0.000000707. The van der Waals surface area contributed by atoms with E-state index in [0.29, 0.717) is 63.4 Å². The van der Waals surface area contributed by atoms with E-state index in [1.807, 2.05) is 29.6 Å². The van der Waals surface area contributed by atoms with Crippen LogP contribution in [0.3, 0.4) is 0 Å². The van der Waals surface area contributed by atoms with E-state index < -0.39 is 36.3 Å². The molecule has 0 aliphatic heterocycles. The maximum Gasteiger partial charge on any atom is 0.490 e. The van der Waals surface area contributed by atoms with E-state index in [9.17, 15) is 41.7 Å². The Morgan fingerprint density at radius 1 is 0.931 bits per heavy atom. The Morgan fingerprint density at radius 2 is 1.48 bits per heavy atom. The van der Waals surface area contributed by atoms with E-state index >= 15 is 0 Å². The number of pyridine rings is 1. The van der Waals surface area contributed by atoms with Gasteiger partial charge in [-0.15, -0.1) is 11.3 Å². The number of aliphatic carboxylic acids is 2. The average molecular weight is 876 g/mol. The molecule has 0 aliphatic carbocycles. The summed E-state index contributed by atoms with van der Waals surface area (Å²) < 4.78 is 74.4. The van der Waals surface area contributed by atoms with Gasteiger partial charge in [0.05, 0.1) is 11.3 Å². The van der Waals surface area contributed by atoms with Crippen LogP contribution >= 0.6 is 34.7 Å². The van der Waals surface area contributed by atoms with Crippen molar-refractivity contribution in [3.8, 4) is 39.6 Å². The summed E-state index contributed by atoms with van der Waals surface area (Å²) in [6, 6.07) is 18.3. The first kappa shape index (κ1) is 48.5. The zero-order valence-corrected chi connectivity index (χ0v) is 32.2. The molecule has 58 heavy (non-hydrogen) atoms. The molecular formula is C35H32ClF6N7O7S2. The van der Waals surface area contributed by atoms with Gasteiger partial charge in [-0.05, 0) is 49.2 Å². The summed E-state index contributed by atoms with van der Waals surface area (Å²) in [6.07, 6.45) is -9.06. The molecule has 0 saturated carbocycles. The molecule has 7 N–H and O–H groups in total. The number of carbonyl (C=O) groups excluding carboxylic acids is 1. The number of anilines is 1. The van der Waals surface area contributed by atoms with Gasteiger partial charge in [-0.1, -0.05) is 47.6 Å². The van der Waals surface area contributed by atoms with Crippen molar-refractivity contribution in [2.45, 2.75) is 42.0 Å². The molecule has 0 unspecified atom stereocenters. The minimum atomic E-state index is -5.08. The predicted octanol–water partition coefficient (Wildman–Crippen LogP) is 6.86. The number of benzene rings is 2. The Bertz CT molecular complexity index is 2070. The molecule has 4 aromatic rings. The number of halogens is 7. The van der Waals surface area contributed by atoms with Crippen molar-refractivity contribution in [1.29, 1.82) is 10.5 Å². The lowest BCUT2D eigenvalue weighted by atomic mass is 9.96. The molecule has 2 aromatic carbocycles. The van der Waals surface area contributed by atoms with Crippen LogP contribution in [0.15, 0.2) is 58.9 Å². The van der Waals surface area contributed by atoms with Crippen molar-refractivity contribution >= 4 is 58.4 Å². The number of alkyl halides is 6. The number of nitriles is 2. The van der Waals surface area contributed by atoms with Gasteiger partial charge in [-0.25, -0.2) is 19.6 Å². The SMILES string of the molecule is CNc1nc(SCc2csc(-c3ccc(Cl)cc3)n2)c(C#N)c(-c2ccc(OCCOC(=O)[C@@H](N)CCCN)cc2)c1C#N.O=C(O)C(F)(F)F.O=C(O)C(F)(F)F. The molecule has 0 radical (unpaired) electrons. The third-order valence-electron chi connectivity index (χ3n) is 6.87. The topological polar surface area (TPSA) is 248 Å². The fourth-order valence-electron chi connectivity index (χ4n) is 4.17. The van der Waals surface area contributed by atoms with Gasteiger partial charge in [0.25, 0.3) is 0 Å². The molecule has 2 aromatic heterocycles. The number of nitrogens with two attached hydrogens (primary N) is 2. The number of ether oxygens (including phenoxy) is 2. The van der Waals surface area contributed by atoms with Crippen LogP contribution in [0.5, 0.6) is 5.75 Å². The van der Waals surface area contributed by atoms with Crippen molar-refractivity contribution in [3.05, 3.63) is 75.8 Å². The number of thiazole rings is 1. The smallest absolute Gasteiger partial charge is 0.490 e. The minimum Gasteiger partial charge on any atom is -0.490 e. The molecule has 0 aliphatic rings. The summed E-state index contributed by atoms with van der Waals surface area (Å²) in [4.78, 5) is 39.1. The molecule has 0 saturated heterocycles. The maximum atomic E-state index is 11.9. The number of hydrogen-bond acceptors (Lipinski definition) is 14. The standard InChI is InChI=1S/C31H30ClN7O3S2.2C2HF3O2/c1-37-28-24(15-34)27(19-6-10-23(11-7-19)41-13-14-42-31(40)26(36)3-2-12-33)25(16-35)30(39-28)44-18-22-17-43-29(38-22)20-4-8-21(32)9-5-20;2*3-2(4,5)1(6)7/h4-11,17,26H,2-3,12-14,18,33,36H2,1H3,(H,37,39);2*(H,6,7)/t26-;;/m0../s1. The predicted molar refractivity (Wildman–Crippen MR) is 201 cm³/mol. The second-order valence-corrected chi connectivity index (χ2v) is 13.2. The van der Waals surface area contributed by atoms with Crippen LogP contribution in [0.2, 0.25) is 5.02 Å². The number of carboxylic acids is 2. The monoisotopic (exact) mass is 875 g/mol. The second kappa shape index (κ2) is 22.9. The lowest BCUT2D eigenvalue weighted by Crippen LogP contribution is -2.33. The van der Waals surface area contributed by atoms with Crippen molar-refractivity contribution < 1.29 is 60.4 Å². The number of rotatable bonds is 14. The first-order chi connectivity index (χ1) is 27.3. The van der Waals surface area contributed by atoms with Crippen LogP contribution in [0.1, 0.15) is 29.7 Å². The number of carboxylic acid groups (broad SMARTS) is 2. The van der Waals surface area contributed by atoms with Crippen molar-refractivity contribution in [3.63, 3.8) is 0 Å². The molecular weight excluding hydrogens is 844 g/mol. The number of hydrogen-bond donors (Lipinski definition) is 5. The zero-order chi connectivity index (χ0) is 43.6. The fraction of sp³-hybridized carbons (Fsp3) is 0.286. The van der Waals surface area contributed by atoms with Crippen molar-refractivity contribution in [1.82, 2.24) is 9.97 Å². The van der Waals surface area contributed by atoms with Crippen LogP contribution in [-0.4, -0.2) is 83.3 Å². The summed E-state index contributed by atoms with van der Waals surface area (Å²) in [7, 11) is 1.68. The molecule has 14 nitrogen and oxygen atoms in total. The number of carbonyl (C=O) groups is 3. The first-order valence-electron chi connectivity index (χ1n) is 16.1. The second-order valence-electron chi connectivity index (χ2n) is 11.0. The van der Waals surface area contributed by atoms with E-state index in [4.69, 9.17) is 57.3 Å². The molecule has 2 heterocycles. The molecule has 0 spiro atoms. The van der Waals surface area contributed by atoms with Crippen LogP contribution in [0.25, 0.3) is 21.7 Å². The van der Waals surface area contributed by atoms with Gasteiger partial charge in [0.15, 0.2) is 0 Å². The average Bonchev–Trinajstić information content (AvgIpc) is 3.66. The largest absolute Gasteiger partial charge is 0.490 e. The van der Waals surface area contributed by atoms with Gasteiger partial charge in [0.1, 0.15) is 58.6 Å². The van der Waals surface area contributed by atoms with Crippen molar-refractivity contribution in [2.75, 3.05) is 32.1 Å². The molecule has 310 valence electrons. The highest BCUT2D eigenvalue weighted by Crippen LogP contribution is 2.38. The summed E-state index contributed by atoms with van der Waals surface area (Å²) in [5, 5.41) is 41.5. The first-order valence-corrected chi connectivity index (χ1v) is 18.4. The molecule has 0 amide bonds. The highest BCUT2D eigenvalue weighted by molar-refractivity contribution is 7.98. The molecule has 0 bridgehead atoms. The van der Waals surface area contributed by atoms with Gasteiger partial charge in [-0.3, -0.25) is 4.79 Å². The zero-order valence-electron chi connectivity index (χ0n) is 29.9. The molecule has 1 atom stereocenters. The summed E-state index contributed by atoms with van der Waals surface area (Å²) >= 11 is 8.91. The number of esters is 1. The minimum absolute atomic E-state index is 0.0463. The van der Waals surface area contributed by atoms with Crippen LogP contribution in [-0.2, 0) is 24.9 Å². The van der Waals surface area contributed by atoms with Gasteiger partial charge in [0.2, 0.25) is 0 Å². The highest BCUT2D eigenvalue weighted by atomic mass is 35.5. The van der Waals surface area contributed by atoms with Crippen LogP contribution < -0.4 is 21.5 Å². The van der Waals surface area contributed by atoms with E-state index in [1.54, 1.807) is 31.3 Å². The quantitative estimate of drug-likeness (QED) is 0.0376. The Morgan fingerprint density at radius 3 is 1.98 bits per heavy atom. The molecule has 0 fully saturated rings. The van der Waals surface area contributed by atoms with E-state index in [2.05, 4.69) is 22.4 Å². The van der Waals surface area contributed by atoms with Crippen LogP contribution in [0.4, 0.5) is 32.2 Å². The van der Waals surface area contributed by atoms with E-state index in [-0.39, 0.29) is 18.8 Å². The maximum absolute atomic E-state index is 11.9. The van der Waals surface area contributed by atoms with Gasteiger partial charge in [-0.2, -0.15) is 36.9 Å². The summed E-state index contributed by atoms with van der Waals surface area (Å²) in [5.74, 6) is -4.62. The number of thioether (sulfide) groups is 1. The lowest BCUT2D eigenvalue weighted by Gasteiger charge is -2.15. The Hall–Kier alpha value is -5.65. The number of aromatic nitrogens is 2. The molecule has 23 heteroatoms. The van der Waals surface area contributed by atoms with Gasteiger partial charge < -0.3 is 36.5 Å². The summed E-state index contributed by atoms with van der Waals surface area (Å²) in [5.41, 5.74) is 14.7. The number of nitrogens with zero attached hydrogens (tertiary/aromatic N) is 4. The van der Waals surface area contributed by atoms with Crippen molar-refractivity contribution in [2.24, 2.45) is 11.5 Å². The third-order valence-corrected chi connectivity index (χ3v) is 9.07. The van der Waals surface area contributed by atoms with E-state index in [0.717, 1.165) is 16.3 Å². The molecule has 4 rings (SSSR count). The Kier molecular flexibility index (Phi) is 19.2. The van der Waals surface area contributed by atoms with Crippen LogP contribution in [0, 0.1) is 22.7 Å². The highest BCUT2D eigenvalue weighted by Gasteiger charge is 2.39. The normalized spacial score (nSPS) is 11.3. The Labute approximate surface area is 339 Å². The van der Waals surface area contributed by atoms with Gasteiger partial charge in [0, 0.05) is 34.3 Å². The fourth-order valence-corrected chi connectivity index (χ4v) is 6.11. The van der Waals surface area contributed by atoms with Gasteiger partial charge >= 0.3 is 30.3 Å².